The third kappa shape index (κ3) is 3.71. The zero-order valence-corrected chi connectivity index (χ0v) is 18.2. The van der Waals surface area contributed by atoms with E-state index >= 15 is 0 Å². The van der Waals surface area contributed by atoms with Gasteiger partial charge in [0.05, 0.1) is 24.3 Å². The highest BCUT2D eigenvalue weighted by Crippen LogP contribution is 2.39. The zero-order valence-electron chi connectivity index (χ0n) is 18.2. The van der Waals surface area contributed by atoms with E-state index in [9.17, 15) is 9.50 Å². The molecule has 168 valence electrons. The number of hydrogen-bond acceptors (Lipinski definition) is 7. The average molecular weight is 439 g/mol. The van der Waals surface area contributed by atoms with Crippen molar-refractivity contribution in [3.63, 3.8) is 0 Å². The maximum atomic E-state index is 14.7. The van der Waals surface area contributed by atoms with E-state index in [1.54, 1.807) is 25.6 Å². The number of rotatable bonds is 6. The quantitative estimate of drug-likeness (QED) is 0.612. The van der Waals surface area contributed by atoms with Gasteiger partial charge in [-0.15, -0.1) is 10.2 Å². The minimum atomic E-state index is -0.479. The monoisotopic (exact) mass is 438 g/mol. The Morgan fingerprint density at radius 1 is 1.34 bits per heavy atom. The molecule has 0 radical (unpaired) electrons. The third-order valence-corrected chi connectivity index (χ3v) is 6.77. The molecule has 0 saturated carbocycles. The summed E-state index contributed by atoms with van der Waals surface area (Å²) in [6.07, 6.45) is 8.97. The molecule has 2 N–H and O–H groups in total. The Morgan fingerprint density at radius 3 is 2.94 bits per heavy atom. The molecule has 4 heterocycles. The van der Waals surface area contributed by atoms with Crippen molar-refractivity contribution in [2.45, 2.75) is 43.3 Å². The number of phenols is 1. The first-order valence-corrected chi connectivity index (χ1v) is 10.8. The van der Waals surface area contributed by atoms with Crippen molar-refractivity contribution in [1.29, 1.82) is 0 Å². The molecule has 2 aromatic heterocycles. The van der Waals surface area contributed by atoms with Crippen LogP contribution in [0.1, 0.15) is 25.7 Å². The Morgan fingerprint density at radius 2 is 2.22 bits per heavy atom. The first-order valence-electron chi connectivity index (χ1n) is 10.8. The van der Waals surface area contributed by atoms with Crippen LogP contribution in [0.3, 0.4) is 0 Å². The molecular formula is C23H27FN6O2. The number of benzene rings is 1. The predicted octanol–water partition coefficient (Wildman–Crippen LogP) is 2.91. The molecule has 0 aliphatic carbocycles. The van der Waals surface area contributed by atoms with Crippen LogP contribution < -0.4 is 10.2 Å². The molecule has 2 aliphatic rings. The fraction of sp³-hybridized carbons (Fsp3) is 0.435. The summed E-state index contributed by atoms with van der Waals surface area (Å²) in [4.78, 5) is 6.09. The molecular weight excluding hydrogens is 411 g/mol. The average Bonchev–Trinajstić information content (AvgIpc) is 3.43. The Balaban J connectivity index is 1.36. The normalized spacial score (nSPS) is 24.6. The number of halogens is 1. The van der Waals surface area contributed by atoms with Crippen LogP contribution in [0.4, 0.5) is 10.2 Å². The number of piperidine rings is 1. The molecule has 3 aromatic rings. The van der Waals surface area contributed by atoms with E-state index in [2.05, 4.69) is 25.4 Å². The Hall–Kier alpha value is -3.04. The number of hydrogen-bond donors (Lipinski definition) is 2. The number of ether oxygens (including phenoxy) is 1. The van der Waals surface area contributed by atoms with Crippen molar-refractivity contribution in [2.75, 3.05) is 25.7 Å². The number of fused-ring (bicyclic) bond motifs is 2. The van der Waals surface area contributed by atoms with Crippen molar-refractivity contribution in [3.05, 3.63) is 48.8 Å². The number of methoxy groups -OCH3 is 1. The minimum Gasteiger partial charge on any atom is -0.507 e. The summed E-state index contributed by atoms with van der Waals surface area (Å²) in [7, 11) is 3.79. The summed E-state index contributed by atoms with van der Waals surface area (Å²) in [6.45, 7) is 0.707. The standard InChI is InChI=1S/C23H27FN6O2/c1-29(16-9-15-5-6-23(12-16,26-15)13-32-2)22-4-3-19(27-28-22)17-10-18(24)20(11-21(17)31)30-8-7-25-14-30/h3-4,7-8,10-11,14-16,26,31H,5-6,9,12-13H2,1-2H3/t15-,16-,23+/m0/s1. The van der Waals surface area contributed by atoms with Gasteiger partial charge in [0.2, 0.25) is 0 Å². The van der Waals surface area contributed by atoms with Gasteiger partial charge in [0.15, 0.2) is 5.82 Å². The summed E-state index contributed by atoms with van der Waals surface area (Å²) in [5.41, 5.74) is 0.965. The summed E-state index contributed by atoms with van der Waals surface area (Å²) in [5.74, 6) is 0.206. The summed E-state index contributed by atoms with van der Waals surface area (Å²) >= 11 is 0. The molecule has 8 nitrogen and oxygen atoms in total. The molecule has 0 amide bonds. The second kappa shape index (κ2) is 8.14. The molecule has 32 heavy (non-hydrogen) atoms. The summed E-state index contributed by atoms with van der Waals surface area (Å²) in [5, 5.41) is 22.9. The van der Waals surface area contributed by atoms with Gasteiger partial charge in [-0.2, -0.15) is 0 Å². The summed E-state index contributed by atoms with van der Waals surface area (Å²) in [6, 6.07) is 7.11. The van der Waals surface area contributed by atoms with Crippen molar-refractivity contribution >= 4 is 5.82 Å². The molecule has 0 spiro atoms. The first-order chi connectivity index (χ1) is 15.5. The molecule has 2 bridgehead atoms. The van der Waals surface area contributed by atoms with Crippen molar-refractivity contribution in [1.82, 2.24) is 25.1 Å². The lowest BCUT2D eigenvalue weighted by Crippen LogP contribution is -2.57. The van der Waals surface area contributed by atoms with Crippen LogP contribution in [-0.4, -0.2) is 63.2 Å². The second-order valence-electron chi connectivity index (χ2n) is 8.87. The van der Waals surface area contributed by atoms with E-state index < -0.39 is 5.82 Å². The van der Waals surface area contributed by atoms with Gasteiger partial charge in [-0.05, 0) is 43.9 Å². The van der Waals surface area contributed by atoms with Crippen molar-refractivity contribution in [2.24, 2.45) is 0 Å². The summed E-state index contributed by atoms with van der Waals surface area (Å²) < 4.78 is 21.7. The Kier molecular flexibility index (Phi) is 5.30. The number of anilines is 1. The number of aromatic nitrogens is 4. The first kappa shape index (κ1) is 20.8. The molecule has 2 aliphatic heterocycles. The molecule has 1 aromatic carbocycles. The van der Waals surface area contributed by atoms with E-state index in [1.807, 2.05) is 13.1 Å². The second-order valence-corrected chi connectivity index (χ2v) is 8.87. The third-order valence-electron chi connectivity index (χ3n) is 6.77. The molecule has 2 fully saturated rings. The highest BCUT2D eigenvalue weighted by atomic mass is 19.1. The van der Waals surface area contributed by atoms with Gasteiger partial charge in [-0.25, -0.2) is 9.37 Å². The van der Waals surface area contributed by atoms with Crippen LogP contribution in [0.25, 0.3) is 16.9 Å². The van der Waals surface area contributed by atoms with Gasteiger partial charge < -0.3 is 24.6 Å². The van der Waals surface area contributed by atoms with Gasteiger partial charge >= 0.3 is 0 Å². The van der Waals surface area contributed by atoms with Crippen LogP contribution >= 0.6 is 0 Å². The van der Waals surface area contributed by atoms with Crippen molar-refractivity contribution in [3.8, 4) is 22.7 Å². The number of aromatic hydroxyl groups is 1. The topological polar surface area (TPSA) is 88.3 Å². The SMILES string of the molecule is COC[C@@]12CC[C@@H](C[C@H](N(C)c3ccc(-c4cc(F)c(-n5ccnc5)cc4O)nn3)C1)N2. The van der Waals surface area contributed by atoms with Crippen LogP contribution in [0.5, 0.6) is 5.75 Å². The maximum Gasteiger partial charge on any atom is 0.151 e. The maximum absolute atomic E-state index is 14.7. The van der Waals surface area contributed by atoms with E-state index in [-0.39, 0.29) is 17.0 Å². The number of phenolic OH excluding ortho intramolecular Hbond substituents is 1. The van der Waals surface area contributed by atoms with Gasteiger partial charge in [0.1, 0.15) is 11.6 Å². The van der Waals surface area contributed by atoms with Crippen molar-refractivity contribution < 1.29 is 14.2 Å². The fourth-order valence-electron chi connectivity index (χ4n) is 5.17. The Bertz CT molecular complexity index is 1090. The van der Waals surface area contributed by atoms with E-state index in [4.69, 9.17) is 4.74 Å². The van der Waals surface area contributed by atoms with Crippen LogP contribution in [0.15, 0.2) is 43.0 Å². The predicted molar refractivity (Wildman–Crippen MR) is 118 cm³/mol. The van der Waals surface area contributed by atoms with E-state index in [0.717, 1.165) is 31.5 Å². The van der Waals surface area contributed by atoms with Gasteiger partial charge in [-0.1, -0.05) is 0 Å². The molecule has 3 atom stereocenters. The lowest BCUT2D eigenvalue weighted by Gasteiger charge is -2.42. The van der Waals surface area contributed by atoms with Gasteiger partial charge in [0, 0.05) is 55.8 Å². The molecule has 0 unspecified atom stereocenters. The lowest BCUT2D eigenvalue weighted by atomic mass is 9.87. The van der Waals surface area contributed by atoms with E-state index in [0.29, 0.717) is 29.9 Å². The highest BCUT2D eigenvalue weighted by molar-refractivity contribution is 5.69. The van der Waals surface area contributed by atoms with E-state index in [1.165, 1.54) is 23.0 Å². The molecule has 5 rings (SSSR count). The van der Waals surface area contributed by atoms with Crippen LogP contribution in [0.2, 0.25) is 0 Å². The smallest absolute Gasteiger partial charge is 0.151 e. The van der Waals surface area contributed by atoms with Crippen LogP contribution in [0, 0.1) is 5.82 Å². The highest BCUT2D eigenvalue weighted by Gasteiger charge is 2.46. The number of nitrogens with one attached hydrogen (secondary N) is 1. The van der Waals surface area contributed by atoms with Gasteiger partial charge in [-0.3, -0.25) is 0 Å². The zero-order chi connectivity index (χ0) is 22.3. The number of imidazole rings is 1. The van der Waals surface area contributed by atoms with Crippen LogP contribution in [-0.2, 0) is 4.74 Å². The Labute approximate surface area is 186 Å². The number of nitrogens with zero attached hydrogens (tertiary/aromatic N) is 5. The largest absolute Gasteiger partial charge is 0.507 e. The van der Waals surface area contributed by atoms with Gasteiger partial charge in [0.25, 0.3) is 0 Å². The molecule has 2 saturated heterocycles. The molecule has 9 heteroatoms. The minimum absolute atomic E-state index is 0.0320. The fourth-order valence-corrected chi connectivity index (χ4v) is 5.17. The lowest BCUT2D eigenvalue weighted by molar-refractivity contribution is 0.0939.